The molecule has 42 heavy (non-hydrogen) atoms. The van der Waals surface area contributed by atoms with E-state index in [0.717, 1.165) is 39.8 Å². The van der Waals surface area contributed by atoms with Crippen LogP contribution >= 0.6 is 0 Å². The van der Waals surface area contributed by atoms with E-state index in [-0.39, 0.29) is 23.9 Å². The van der Waals surface area contributed by atoms with Gasteiger partial charge in [0.25, 0.3) is 5.91 Å². The van der Waals surface area contributed by atoms with Gasteiger partial charge in [-0.25, -0.2) is 4.79 Å². The van der Waals surface area contributed by atoms with E-state index in [1.165, 1.54) is 5.56 Å². The van der Waals surface area contributed by atoms with Crippen LogP contribution in [0.2, 0.25) is 0 Å². The molecule has 0 saturated carbocycles. The highest BCUT2D eigenvalue weighted by Gasteiger charge is 2.33. The minimum absolute atomic E-state index is 0.0956. The minimum atomic E-state index is -0.931. The highest BCUT2D eigenvalue weighted by atomic mass is 16.4. The first-order valence-corrected chi connectivity index (χ1v) is 14.3. The van der Waals surface area contributed by atoms with Crippen molar-refractivity contribution in [3.63, 3.8) is 0 Å². The lowest BCUT2D eigenvalue weighted by Crippen LogP contribution is -2.30. The molecule has 0 radical (unpaired) electrons. The number of aromatic nitrogens is 1. The molecule has 5 aromatic rings. The van der Waals surface area contributed by atoms with Crippen LogP contribution in [0.4, 0.5) is 5.69 Å². The lowest BCUT2D eigenvalue weighted by Gasteiger charge is -2.26. The number of fused-ring (bicyclic) bond motifs is 2. The molecule has 210 valence electrons. The van der Waals surface area contributed by atoms with Gasteiger partial charge in [-0.1, -0.05) is 67.6 Å². The summed E-state index contributed by atoms with van der Waals surface area (Å²) >= 11 is 0. The number of amides is 1. The molecule has 1 aromatic heterocycles. The summed E-state index contributed by atoms with van der Waals surface area (Å²) in [6, 6.07) is 31.2. The van der Waals surface area contributed by atoms with Crippen molar-refractivity contribution in [3.05, 3.63) is 131 Å². The maximum Gasteiger partial charge on any atom is 0.336 e. The number of hydrogen-bond donors (Lipinski definition) is 2. The number of nitrogens with one attached hydrogen (secondary N) is 1. The number of aromatic carboxylic acids is 1. The summed E-state index contributed by atoms with van der Waals surface area (Å²) in [5, 5.41) is 13.8. The number of para-hydroxylation sites is 1. The molecule has 4 aromatic carbocycles. The molecule has 0 aliphatic carbocycles. The number of pyridine rings is 1. The standard InChI is InChI=1S/C36H33N3O3/c1-22-24(3)39(21-25-12-14-26(15-13-25)29-8-4-5-10-31(29)36(41)42)34-17-16-27(20-32(22)34)35(40)38-23(2)28-18-19-37-33-11-7-6-9-30(28)33/h4-20,22-24H,21H2,1-3H3,(H,38,40)(H,41,42)/t22?,23-,24?/m1/s1. The lowest BCUT2D eigenvalue weighted by atomic mass is 9.96. The smallest absolute Gasteiger partial charge is 0.336 e. The molecular weight excluding hydrogens is 522 g/mol. The number of carboxylic acid groups (broad SMARTS) is 1. The molecule has 2 N–H and O–H groups in total. The summed E-state index contributed by atoms with van der Waals surface area (Å²) < 4.78 is 0. The number of carbonyl (C=O) groups is 2. The second-order valence-electron chi connectivity index (χ2n) is 11.1. The maximum absolute atomic E-state index is 13.4. The first-order valence-electron chi connectivity index (χ1n) is 14.3. The lowest BCUT2D eigenvalue weighted by molar-refractivity contribution is 0.0697. The second-order valence-corrected chi connectivity index (χ2v) is 11.1. The molecule has 0 spiro atoms. The fourth-order valence-corrected chi connectivity index (χ4v) is 6.06. The maximum atomic E-state index is 13.4. The minimum Gasteiger partial charge on any atom is -0.478 e. The van der Waals surface area contributed by atoms with Crippen LogP contribution in [-0.2, 0) is 6.54 Å². The van der Waals surface area contributed by atoms with Gasteiger partial charge in [0.1, 0.15) is 0 Å². The number of carboxylic acids is 1. The van der Waals surface area contributed by atoms with E-state index < -0.39 is 5.97 Å². The molecule has 1 amide bonds. The Morgan fingerprint density at radius 2 is 1.67 bits per heavy atom. The average molecular weight is 556 g/mol. The summed E-state index contributed by atoms with van der Waals surface area (Å²) in [4.78, 5) is 31.9. The van der Waals surface area contributed by atoms with Crippen molar-refractivity contribution < 1.29 is 14.7 Å². The number of rotatable bonds is 7. The molecule has 0 fully saturated rings. The third-order valence-corrected chi connectivity index (χ3v) is 8.58. The zero-order valence-electron chi connectivity index (χ0n) is 23.9. The molecule has 2 unspecified atom stereocenters. The molecule has 0 bridgehead atoms. The number of nitrogens with zero attached hydrogens (tertiary/aromatic N) is 2. The average Bonchev–Trinajstić information content (AvgIpc) is 3.25. The topological polar surface area (TPSA) is 82.5 Å². The Morgan fingerprint density at radius 3 is 2.45 bits per heavy atom. The normalized spacial score (nSPS) is 16.7. The van der Waals surface area contributed by atoms with Gasteiger partial charge in [0, 0.05) is 41.3 Å². The van der Waals surface area contributed by atoms with Crippen molar-refractivity contribution in [3.8, 4) is 11.1 Å². The van der Waals surface area contributed by atoms with Gasteiger partial charge in [-0.15, -0.1) is 0 Å². The van der Waals surface area contributed by atoms with Gasteiger partial charge >= 0.3 is 5.97 Å². The quantitative estimate of drug-likeness (QED) is 0.216. The Hall–Kier alpha value is -4.97. The van der Waals surface area contributed by atoms with Crippen LogP contribution in [-0.4, -0.2) is 28.0 Å². The van der Waals surface area contributed by atoms with Crippen LogP contribution in [0.15, 0.2) is 103 Å². The predicted octanol–water partition coefficient (Wildman–Crippen LogP) is 7.60. The SMILES string of the molecule is CC1c2cc(C(=O)N[C@H](C)c3ccnc4ccccc34)ccc2N(Cc2ccc(-c3ccccc3C(=O)O)cc2)C1C. The first-order chi connectivity index (χ1) is 20.3. The molecule has 6 rings (SSSR count). The van der Waals surface area contributed by atoms with E-state index in [9.17, 15) is 14.7 Å². The monoisotopic (exact) mass is 555 g/mol. The Labute approximate surface area is 245 Å². The van der Waals surface area contributed by atoms with Gasteiger partial charge < -0.3 is 15.3 Å². The first kappa shape index (κ1) is 27.2. The van der Waals surface area contributed by atoms with Crippen LogP contribution in [0.3, 0.4) is 0 Å². The molecule has 6 heteroatoms. The summed E-state index contributed by atoms with van der Waals surface area (Å²) in [6.07, 6.45) is 1.79. The molecule has 6 nitrogen and oxygen atoms in total. The summed E-state index contributed by atoms with van der Waals surface area (Å²) in [6.45, 7) is 7.16. The van der Waals surface area contributed by atoms with E-state index in [2.05, 4.69) is 47.2 Å². The second kappa shape index (κ2) is 11.1. The van der Waals surface area contributed by atoms with E-state index in [4.69, 9.17) is 0 Å². The van der Waals surface area contributed by atoms with Crippen LogP contribution in [0.5, 0.6) is 0 Å². The molecule has 0 saturated heterocycles. The van der Waals surface area contributed by atoms with Gasteiger partial charge in [0.15, 0.2) is 0 Å². The largest absolute Gasteiger partial charge is 0.478 e. The van der Waals surface area contributed by atoms with Crippen molar-refractivity contribution in [2.24, 2.45) is 0 Å². The van der Waals surface area contributed by atoms with E-state index in [0.29, 0.717) is 16.7 Å². The van der Waals surface area contributed by atoms with E-state index in [1.807, 2.05) is 73.7 Å². The molecule has 3 atom stereocenters. The Morgan fingerprint density at radius 1 is 0.929 bits per heavy atom. The number of hydrogen-bond acceptors (Lipinski definition) is 4. The van der Waals surface area contributed by atoms with E-state index >= 15 is 0 Å². The number of carbonyl (C=O) groups excluding carboxylic acids is 1. The zero-order valence-corrected chi connectivity index (χ0v) is 23.9. The van der Waals surface area contributed by atoms with Crippen molar-refractivity contribution in [1.82, 2.24) is 10.3 Å². The Bertz CT molecular complexity index is 1790. The molecular formula is C36H33N3O3. The number of anilines is 1. The molecule has 1 aliphatic heterocycles. The van der Waals surface area contributed by atoms with Crippen LogP contribution in [0, 0.1) is 0 Å². The fraction of sp³-hybridized carbons (Fsp3) is 0.194. The van der Waals surface area contributed by atoms with Gasteiger partial charge in [-0.3, -0.25) is 9.78 Å². The van der Waals surface area contributed by atoms with Gasteiger partial charge in [0.2, 0.25) is 0 Å². The third kappa shape index (κ3) is 5.00. The van der Waals surface area contributed by atoms with Crippen LogP contribution in [0.1, 0.15) is 70.1 Å². The highest BCUT2D eigenvalue weighted by Crippen LogP contribution is 2.42. The predicted molar refractivity (Wildman–Crippen MR) is 167 cm³/mol. The number of benzene rings is 4. The van der Waals surface area contributed by atoms with Crippen LogP contribution < -0.4 is 10.2 Å². The van der Waals surface area contributed by atoms with Crippen molar-refractivity contribution in [1.29, 1.82) is 0 Å². The Kier molecular flexibility index (Phi) is 7.21. The van der Waals surface area contributed by atoms with Gasteiger partial charge in [0.05, 0.1) is 17.1 Å². The zero-order chi connectivity index (χ0) is 29.4. The van der Waals surface area contributed by atoms with Gasteiger partial charge in [-0.2, -0.15) is 0 Å². The fourth-order valence-electron chi connectivity index (χ4n) is 6.06. The van der Waals surface area contributed by atoms with Gasteiger partial charge in [-0.05, 0) is 78.1 Å². The van der Waals surface area contributed by atoms with E-state index in [1.54, 1.807) is 18.3 Å². The van der Waals surface area contributed by atoms with Crippen molar-refractivity contribution in [2.75, 3.05) is 4.90 Å². The summed E-state index contributed by atoms with van der Waals surface area (Å²) in [5.74, 6) is -0.766. The van der Waals surface area contributed by atoms with Crippen molar-refractivity contribution in [2.45, 2.75) is 45.3 Å². The summed E-state index contributed by atoms with van der Waals surface area (Å²) in [5.41, 5.74) is 7.94. The highest BCUT2D eigenvalue weighted by molar-refractivity contribution is 5.96. The van der Waals surface area contributed by atoms with Crippen molar-refractivity contribution >= 4 is 28.5 Å². The summed E-state index contributed by atoms with van der Waals surface area (Å²) in [7, 11) is 0. The van der Waals surface area contributed by atoms with Crippen LogP contribution in [0.25, 0.3) is 22.0 Å². The third-order valence-electron chi connectivity index (χ3n) is 8.58. The molecule has 2 heterocycles. The Balaban J connectivity index is 1.20. The molecule has 1 aliphatic rings.